The van der Waals surface area contributed by atoms with Crippen molar-refractivity contribution >= 4 is 23.7 Å². The van der Waals surface area contributed by atoms with Gasteiger partial charge >= 0.3 is 5.97 Å². The highest BCUT2D eigenvalue weighted by atomic mass is 16.5. The molecule has 1 N–H and O–H groups in total. The minimum Gasteiger partial charge on any atom is -0.496 e. The van der Waals surface area contributed by atoms with Crippen molar-refractivity contribution in [1.82, 2.24) is 10.2 Å². The molecule has 8 heteroatoms. The van der Waals surface area contributed by atoms with E-state index in [1.54, 1.807) is 36.4 Å². The minimum atomic E-state index is -0.835. The molecule has 0 spiro atoms. The van der Waals surface area contributed by atoms with Crippen LogP contribution in [0.25, 0.3) is 0 Å². The van der Waals surface area contributed by atoms with Crippen molar-refractivity contribution in [2.45, 2.75) is 13.0 Å². The number of ether oxygens (including phenoxy) is 2. The summed E-state index contributed by atoms with van der Waals surface area (Å²) in [5.74, 6) is -1.74. The highest BCUT2D eigenvalue weighted by molar-refractivity contribution is 6.11. The number of esters is 1. The molecule has 0 fully saturated rings. The first-order valence-electron chi connectivity index (χ1n) is 8.96. The van der Waals surface area contributed by atoms with Gasteiger partial charge in [-0.05, 0) is 17.7 Å². The van der Waals surface area contributed by atoms with Crippen molar-refractivity contribution in [3.8, 4) is 5.75 Å². The fourth-order valence-corrected chi connectivity index (χ4v) is 2.97. The number of fused-ring (bicyclic) bond motifs is 1. The summed E-state index contributed by atoms with van der Waals surface area (Å²) in [5, 5.41) is 2.62. The molecule has 0 radical (unpaired) electrons. The van der Waals surface area contributed by atoms with Gasteiger partial charge in [-0.2, -0.15) is 0 Å². The molecule has 0 saturated heterocycles. The van der Waals surface area contributed by atoms with Gasteiger partial charge in [0.1, 0.15) is 12.3 Å². The maximum atomic E-state index is 12.4. The second-order valence-corrected chi connectivity index (χ2v) is 6.37. The van der Waals surface area contributed by atoms with Crippen molar-refractivity contribution < 1.29 is 28.7 Å². The molecule has 0 unspecified atom stereocenters. The predicted molar refractivity (Wildman–Crippen MR) is 102 cm³/mol. The average Bonchev–Trinajstić information content (AvgIpc) is 2.74. The zero-order valence-corrected chi connectivity index (χ0v) is 15.8. The van der Waals surface area contributed by atoms with Crippen molar-refractivity contribution in [2.75, 3.05) is 20.3 Å². The highest BCUT2D eigenvalue weighted by Crippen LogP contribution is 2.19. The van der Waals surface area contributed by atoms with Crippen LogP contribution in [0.1, 0.15) is 21.5 Å². The summed E-state index contributed by atoms with van der Waals surface area (Å²) >= 11 is 0. The topological polar surface area (TPSA) is 102 Å². The molecule has 3 amide bonds. The largest absolute Gasteiger partial charge is 0.496 e. The van der Waals surface area contributed by atoms with Crippen LogP contribution in [-0.4, -0.2) is 48.9 Å². The second kappa shape index (κ2) is 9.01. The molecule has 0 atom stereocenters. The Morgan fingerprint density at radius 1 is 1.07 bits per heavy atom. The summed E-state index contributed by atoms with van der Waals surface area (Å²) in [5.41, 5.74) is 1.79. The number of nitrogens with zero attached hydrogens (tertiary/aromatic N) is 1. The molecule has 0 aromatic heterocycles. The lowest BCUT2D eigenvalue weighted by Gasteiger charge is -2.25. The second-order valence-electron chi connectivity index (χ2n) is 6.37. The monoisotopic (exact) mass is 396 g/mol. The van der Waals surface area contributed by atoms with Crippen LogP contribution in [0.5, 0.6) is 5.75 Å². The number of hydrogen-bond acceptors (Lipinski definition) is 6. The van der Waals surface area contributed by atoms with Gasteiger partial charge in [0.2, 0.25) is 5.91 Å². The number of carbonyl (C=O) groups is 4. The third kappa shape index (κ3) is 4.78. The molecule has 2 aromatic rings. The number of nitrogens with one attached hydrogen (secondary N) is 1. The normalized spacial score (nSPS) is 12.9. The Balaban J connectivity index is 1.49. The molecule has 0 aliphatic carbocycles. The first-order valence-corrected chi connectivity index (χ1v) is 8.96. The lowest BCUT2D eigenvalue weighted by atomic mass is 9.98. The molecule has 8 nitrogen and oxygen atoms in total. The van der Waals surface area contributed by atoms with Gasteiger partial charge in [-0.15, -0.1) is 0 Å². The number of amides is 3. The number of imide groups is 1. The highest BCUT2D eigenvalue weighted by Gasteiger charge is 2.32. The Kier molecular flexibility index (Phi) is 6.23. The Bertz CT molecular complexity index is 956. The van der Waals surface area contributed by atoms with Crippen LogP contribution in [0.2, 0.25) is 0 Å². The van der Waals surface area contributed by atoms with E-state index < -0.39 is 36.8 Å². The van der Waals surface area contributed by atoms with Crippen LogP contribution < -0.4 is 10.1 Å². The molecule has 1 aliphatic rings. The Labute approximate surface area is 167 Å². The molecular formula is C21H20N2O6. The van der Waals surface area contributed by atoms with Gasteiger partial charge in [0.05, 0.1) is 13.5 Å². The quantitative estimate of drug-likeness (QED) is 0.555. The molecule has 0 bridgehead atoms. The van der Waals surface area contributed by atoms with Crippen LogP contribution in [0.15, 0.2) is 48.5 Å². The van der Waals surface area contributed by atoms with E-state index in [1.165, 1.54) is 7.11 Å². The number of para-hydroxylation sites is 1. The maximum Gasteiger partial charge on any atom is 0.326 e. The Morgan fingerprint density at radius 3 is 2.59 bits per heavy atom. The number of hydrogen-bond donors (Lipinski definition) is 1. The van der Waals surface area contributed by atoms with Crippen LogP contribution in [0, 0.1) is 0 Å². The predicted octanol–water partition coefficient (Wildman–Crippen LogP) is 1.08. The SMILES string of the molecule is COc1ccccc1CNC(=O)COC(=O)CN1C(=O)Cc2ccccc2C1=O. The van der Waals surface area contributed by atoms with E-state index in [2.05, 4.69) is 5.32 Å². The van der Waals surface area contributed by atoms with Crippen LogP contribution >= 0.6 is 0 Å². The van der Waals surface area contributed by atoms with Crippen molar-refractivity contribution in [2.24, 2.45) is 0 Å². The molecule has 1 aliphatic heterocycles. The summed E-state index contributed by atoms with van der Waals surface area (Å²) in [7, 11) is 1.53. The number of methoxy groups -OCH3 is 1. The van der Waals surface area contributed by atoms with E-state index in [9.17, 15) is 19.2 Å². The van der Waals surface area contributed by atoms with Crippen molar-refractivity contribution in [3.05, 3.63) is 65.2 Å². The summed E-state index contributed by atoms with van der Waals surface area (Å²) in [6.45, 7) is -0.840. The standard InChI is InChI=1S/C21H20N2O6/c1-28-17-9-5-3-7-15(17)11-22-18(24)13-29-20(26)12-23-19(25)10-14-6-2-4-8-16(14)21(23)27/h2-9H,10-13H2,1H3,(H,22,24). The molecule has 2 aromatic carbocycles. The summed E-state index contributed by atoms with van der Waals surface area (Å²) in [6.07, 6.45) is 0.0363. The molecule has 150 valence electrons. The first-order chi connectivity index (χ1) is 14.0. The fourth-order valence-electron chi connectivity index (χ4n) is 2.97. The van der Waals surface area contributed by atoms with E-state index in [4.69, 9.17) is 9.47 Å². The lowest BCUT2D eigenvalue weighted by molar-refractivity contribution is -0.151. The van der Waals surface area contributed by atoms with Crippen LogP contribution in [-0.2, 0) is 32.1 Å². The lowest BCUT2D eigenvalue weighted by Crippen LogP contribution is -2.45. The van der Waals surface area contributed by atoms with E-state index in [0.717, 1.165) is 10.5 Å². The van der Waals surface area contributed by atoms with Gasteiger partial charge in [0, 0.05) is 17.7 Å². The summed E-state index contributed by atoms with van der Waals surface area (Å²) in [6, 6.07) is 13.9. The summed E-state index contributed by atoms with van der Waals surface area (Å²) in [4.78, 5) is 49.4. The molecule has 1 heterocycles. The molecule has 29 heavy (non-hydrogen) atoms. The van der Waals surface area contributed by atoms with E-state index >= 15 is 0 Å². The zero-order chi connectivity index (χ0) is 20.8. The van der Waals surface area contributed by atoms with Gasteiger partial charge in [0.25, 0.3) is 11.8 Å². The third-order valence-corrected chi connectivity index (χ3v) is 4.46. The van der Waals surface area contributed by atoms with E-state index in [-0.39, 0.29) is 13.0 Å². The molecular weight excluding hydrogens is 376 g/mol. The number of rotatable bonds is 7. The number of benzene rings is 2. The van der Waals surface area contributed by atoms with Gasteiger partial charge in [-0.1, -0.05) is 36.4 Å². The first kappa shape index (κ1) is 20.1. The molecule has 3 rings (SSSR count). The minimum absolute atomic E-state index is 0.0363. The van der Waals surface area contributed by atoms with Crippen LogP contribution in [0.4, 0.5) is 0 Å². The third-order valence-electron chi connectivity index (χ3n) is 4.46. The van der Waals surface area contributed by atoms with Gasteiger partial charge in [0.15, 0.2) is 6.61 Å². The Morgan fingerprint density at radius 2 is 1.79 bits per heavy atom. The average molecular weight is 396 g/mol. The number of carbonyl (C=O) groups excluding carboxylic acids is 4. The van der Waals surface area contributed by atoms with Crippen molar-refractivity contribution in [1.29, 1.82) is 0 Å². The van der Waals surface area contributed by atoms with Crippen LogP contribution in [0.3, 0.4) is 0 Å². The summed E-state index contributed by atoms with van der Waals surface area (Å²) < 4.78 is 10.1. The van der Waals surface area contributed by atoms with E-state index in [0.29, 0.717) is 16.9 Å². The Hall–Kier alpha value is -3.68. The van der Waals surface area contributed by atoms with E-state index in [1.807, 2.05) is 12.1 Å². The molecule has 0 saturated carbocycles. The van der Waals surface area contributed by atoms with Crippen molar-refractivity contribution in [3.63, 3.8) is 0 Å². The fraction of sp³-hybridized carbons (Fsp3) is 0.238. The smallest absolute Gasteiger partial charge is 0.326 e. The zero-order valence-electron chi connectivity index (χ0n) is 15.8. The van der Waals surface area contributed by atoms with Gasteiger partial charge < -0.3 is 14.8 Å². The van der Waals surface area contributed by atoms with Gasteiger partial charge in [-0.3, -0.25) is 24.1 Å². The van der Waals surface area contributed by atoms with Gasteiger partial charge in [-0.25, -0.2) is 0 Å². The maximum absolute atomic E-state index is 12.4.